The maximum absolute atomic E-state index is 12.5. The van der Waals surface area contributed by atoms with Crippen molar-refractivity contribution < 1.29 is 13.2 Å². The third-order valence-corrected chi connectivity index (χ3v) is 4.73. The molecule has 0 saturated carbocycles. The van der Waals surface area contributed by atoms with Gasteiger partial charge in [-0.2, -0.15) is 0 Å². The Balaban J connectivity index is 2.01. The molecule has 1 unspecified atom stereocenters. The molecule has 0 bridgehead atoms. The number of nitrogens with one attached hydrogen (secondary N) is 1. The lowest BCUT2D eigenvalue weighted by atomic mass is 9.98. The van der Waals surface area contributed by atoms with Gasteiger partial charge in [0.1, 0.15) is 5.69 Å². The second-order valence-electron chi connectivity index (χ2n) is 5.21. The Morgan fingerprint density at radius 1 is 1.57 bits per heavy atom. The number of piperidine rings is 1. The van der Waals surface area contributed by atoms with Gasteiger partial charge in [0, 0.05) is 30.3 Å². The third kappa shape index (κ3) is 4.76. The van der Waals surface area contributed by atoms with E-state index >= 15 is 0 Å². The molecule has 0 aliphatic carbocycles. The Hall–Kier alpha value is -0.990. The molecular weight excluding hydrogens is 358 g/mol. The molecule has 1 fully saturated rings. The van der Waals surface area contributed by atoms with E-state index in [0.717, 1.165) is 19.1 Å². The number of likely N-dealkylation sites (tertiary alicyclic amines) is 1. The Bertz CT molecular complexity index is 621. The van der Waals surface area contributed by atoms with E-state index in [1.165, 1.54) is 0 Å². The Morgan fingerprint density at radius 3 is 3.00 bits per heavy atom. The number of amides is 1. The van der Waals surface area contributed by atoms with Crippen molar-refractivity contribution in [3.8, 4) is 0 Å². The first kappa shape index (κ1) is 16.4. The SMILES string of the molecule is CS(=O)(=O)NCC1CCCN(C(=O)c2ncccc2Br)C1. The lowest BCUT2D eigenvalue weighted by Crippen LogP contribution is -2.43. The van der Waals surface area contributed by atoms with Gasteiger partial charge >= 0.3 is 0 Å². The van der Waals surface area contributed by atoms with Crippen molar-refractivity contribution in [3.63, 3.8) is 0 Å². The fraction of sp³-hybridized carbons (Fsp3) is 0.538. The summed E-state index contributed by atoms with van der Waals surface area (Å²) in [5, 5.41) is 0. The van der Waals surface area contributed by atoms with Gasteiger partial charge in [0.25, 0.3) is 5.91 Å². The number of pyridine rings is 1. The molecule has 1 aromatic rings. The van der Waals surface area contributed by atoms with Crippen LogP contribution in [0, 0.1) is 5.92 Å². The molecule has 1 N–H and O–H groups in total. The summed E-state index contributed by atoms with van der Waals surface area (Å²) in [6, 6.07) is 3.54. The number of aromatic nitrogens is 1. The van der Waals surface area contributed by atoms with Gasteiger partial charge in [-0.05, 0) is 46.8 Å². The quantitative estimate of drug-likeness (QED) is 0.858. The Morgan fingerprint density at radius 2 is 2.33 bits per heavy atom. The molecule has 116 valence electrons. The first-order chi connectivity index (χ1) is 9.87. The number of hydrogen-bond acceptors (Lipinski definition) is 4. The zero-order chi connectivity index (χ0) is 15.5. The zero-order valence-corrected chi connectivity index (χ0v) is 14.2. The minimum absolute atomic E-state index is 0.119. The predicted octanol–water partition coefficient (Wildman–Crippen LogP) is 1.25. The number of rotatable bonds is 4. The maximum Gasteiger partial charge on any atom is 0.273 e. The van der Waals surface area contributed by atoms with Crippen molar-refractivity contribution in [3.05, 3.63) is 28.5 Å². The molecule has 8 heteroatoms. The normalized spacial score (nSPS) is 19.5. The van der Waals surface area contributed by atoms with Gasteiger partial charge in [-0.15, -0.1) is 0 Å². The second-order valence-corrected chi connectivity index (χ2v) is 7.90. The second kappa shape index (κ2) is 6.85. The lowest BCUT2D eigenvalue weighted by Gasteiger charge is -2.32. The number of halogens is 1. The highest BCUT2D eigenvalue weighted by molar-refractivity contribution is 9.10. The number of sulfonamides is 1. The summed E-state index contributed by atoms with van der Waals surface area (Å²) in [5.41, 5.74) is 0.397. The van der Waals surface area contributed by atoms with Crippen molar-refractivity contribution >= 4 is 31.9 Å². The van der Waals surface area contributed by atoms with Gasteiger partial charge in [0.2, 0.25) is 10.0 Å². The standard InChI is InChI=1S/C13H18BrN3O3S/c1-21(19,20)16-8-10-4-3-7-17(9-10)13(18)12-11(14)5-2-6-15-12/h2,5-6,10,16H,3-4,7-9H2,1H3. The molecule has 0 aromatic carbocycles. The lowest BCUT2D eigenvalue weighted by molar-refractivity contribution is 0.0669. The van der Waals surface area contributed by atoms with Gasteiger partial charge in [-0.25, -0.2) is 18.1 Å². The highest BCUT2D eigenvalue weighted by Crippen LogP contribution is 2.21. The van der Waals surface area contributed by atoms with Crippen LogP contribution in [-0.4, -0.2) is 50.1 Å². The van der Waals surface area contributed by atoms with Crippen LogP contribution < -0.4 is 4.72 Å². The molecule has 2 rings (SSSR count). The smallest absolute Gasteiger partial charge is 0.273 e. The summed E-state index contributed by atoms with van der Waals surface area (Å²) in [7, 11) is -3.19. The van der Waals surface area contributed by atoms with Crippen LogP contribution in [0.3, 0.4) is 0 Å². The summed E-state index contributed by atoms with van der Waals surface area (Å²) in [6.07, 6.45) is 4.51. The summed E-state index contributed by atoms with van der Waals surface area (Å²) in [6.45, 7) is 1.59. The molecule has 1 aromatic heterocycles. The average molecular weight is 376 g/mol. The topological polar surface area (TPSA) is 79.4 Å². The van der Waals surface area contributed by atoms with E-state index in [2.05, 4.69) is 25.6 Å². The summed E-state index contributed by atoms with van der Waals surface area (Å²) < 4.78 is 25.5. The van der Waals surface area contributed by atoms with Gasteiger partial charge in [-0.1, -0.05) is 0 Å². The van der Waals surface area contributed by atoms with Crippen LogP contribution in [0.4, 0.5) is 0 Å². The van der Waals surface area contributed by atoms with Gasteiger partial charge < -0.3 is 4.90 Å². The van der Waals surface area contributed by atoms with Crippen LogP contribution in [-0.2, 0) is 10.0 Å². The van der Waals surface area contributed by atoms with Crippen LogP contribution in [0.2, 0.25) is 0 Å². The fourth-order valence-corrected chi connectivity index (χ4v) is 3.34. The number of nitrogens with zero attached hydrogens (tertiary/aromatic N) is 2. The molecule has 0 radical (unpaired) electrons. The van der Waals surface area contributed by atoms with Crippen molar-refractivity contribution in [2.24, 2.45) is 5.92 Å². The molecular formula is C13H18BrN3O3S. The van der Waals surface area contributed by atoms with Gasteiger partial charge in [0.15, 0.2) is 0 Å². The van der Waals surface area contributed by atoms with Crippen LogP contribution in [0.15, 0.2) is 22.8 Å². The van der Waals surface area contributed by atoms with E-state index in [1.54, 1.807) is 23.2 Å². The van der Waals surface area contributed by atoms with E-state index in [1.807, 2.05) is 0 Å². The monoisotopic (exact) mass is 375 g/mol. The molecule has 6 nitrogen and oxygen atoms in total. The predicted molar refractivity (Wildman–Crippen MR) is 83.4 cm³/mol. The molecule has 1 saturated heterocycles. The van der Waals surface area contributed by atoms with Crippen LogP contribution in [0.1, 0.15) is 23.3 Å². The number of hydrogen-bond donors (Lipinski definition) is 1. The Kier molecular flexibility index (Phi) is 5.34. The third-order valence-electron chi connectivity index (χ3n) is 3.40. The van der Waals surface area contributed by atoms with E-state index in [4.69, 9.17) is 0 Å². The molecule has 1 atom stereocenters. The molecule has 1 aliphatic heterocycles. The van der Waals surface area contributed by atoms with E-state index < -0.39 is 10.0 Å². The minimum Gasteiger partial charge on any atom is -0.337 e. The van der Waals surface area contributed by atoms with E-state index in [9.17, 15) is 13.2 Å². The zero-order valence-electron chi connectivity index (χ0n) is 11.8. The summed E-state index contributed by atoms with van der Waals surface area (Å²) in [5.74, 6) is 0.0199. The van der Waals surface area contributed by atoms with Crippen molar-refractivity contribution in [2.75, 3.05) is 25.9 Å². The van der Waals surface area contributed by atoms with Crippen molar-refractivity contribution in [1.82, 2.24) is 14.6 Å². The highest BCUT2D eigenvalue weighted by atomic mass is 79.9. The summed E-state index contributed by atoms with van der Waals surface area (Å²) in [4.78, 5) is 18.3. The Labute approximate surface area is 133 Å². The van der Waals surface area contributed by atoms with Crippen LogP contribution in [0.25, 0.3) is 0 Å². The molecule has 1 amide bonds. The molecule has 21 heavy (non-hydrogen) atoms. The van der Waals surface area contributed by atoms with Crippen LogP contribution in [0.5, 0.6) is 0 Å². The van der Waals surface area contributed by atoms with Crippen molar-refractivity contribution in [2.45, 2.75) is 12.8 Å². The average Bonchev–Trinajstić information content (AvgIpc) is 2.44. The van der Waals surface area contributed by atoms with E-state index in [0.29, 0.717) is 29.8 Å². The maximum atomic E-state index is 12.5. The molecule has 2 heterocycles. The minimum atomic E-state index is -3.19. The molecule has 1 aliphatic rings. The molecule has 0 spiro atoms. The van der Waals surface area contributed by atoms with E-state index in [-0.39, 0.29) is 11.8 Å². The van der Waals surface area contributed by atoms with Gasteiger partial charge in [0.05, 0.1) is 6.26 Å². The summed E-state index contributed by atoms with van der Waals surface area (Å²) >= 11 is 3.33. The first-order valence-corrected chi connectivity index (χ1v) is 9.39. The van der Waals surface area contributed by atoms with Gasteiger partial charge in [-0.3, -0.25) is 4.79 Å². The highest BCUT2D eigenvalue weighted by Gasteiger charge is 2.26. The number of carbonyl (C=O) groups is 1. The van der Waals surface area contributed by atoms with Crippen LogP contribution >= 0.6 is 15.9 Å². The fourth-order valence-electron chi connectivity index (χ4n) is 2.38. The largest absolute Gasteiger partial charge is 0.337 e. The number of carbonyl (C=O) groups excluding carboxylic acids is 1. The first-order valence-electron chi connectivity index (χ1n) is 6.71. The van der Waals surface area contributed by atoms with Crippen molar-refractivity contribution in [1.29, 1.82) is 0 Å².